The Labute approximate surface area is 186 Å². The molecule has 0 spiro atoms. The normalized spacial score (nSPS) is 16.0. The Bertz CT molecular complexity index is 950. The molecule has 2 N–H and O–H groups in total. The highest BCUT2D eigenvalue weighted by molar-refractivity contribution is 6.32. The number of benzene rings is 2. The van der Waals surface area contributed by atoms with Gasteiger partial charge in [-0.2, -0.15) is 0 Å². The average molecular weight is 447 g/mol. The largest absolute Gasteiger partial charge is 0.493 e. The smallest absolute Gasteiger partial charge is 0.255 e. The first-order valence-corrected chi connectivity index (χ1v) is 10.7. The standard InChI is InChI=1S/C23H27ClN2O5/c1-3-31-21-19(24)11-17(12-20(21)30-2)22(28)25-18-8-4-7-16(10-18)23(29)26-9-5-6-15(13-26)14-27/h4,7-8,10-12,15,27H,3,5-6,9,13-14H2,1-2H3,(H,25,28)/t15-/m1/s1. The maximum absolute atomic E-state index is 12.9. The molecule has 31 heavy (non-hydrogen) atoms. The van der Waals surface area contributed by atoms with Gasteiger partial charge in [0.05, 0.1) is 18.7 Å². The van der Waals surface area contributed by atoms with Crippen LogP contribution in [-0.4, -0.2) is 55.2 Å². The van der Waals surface area contributed by atoms with Crippen molar-refractivity contribution < 1.29 is 24.2 Å². The van der Waals surface area contributed by atoms with Gasteiger partial charge in [0.1, 0.15) is 0 Å². The summed E-state index contributed by atoms with van der Waals surface area (Å²) >= 11 is 6.26. The topological polar surface area (TPSA) is 88.1 Å². The molecule has 0 saturated carbocycles. The van der Waals surface area contributed by atoms with Gasteiger partial charge >= 0.3 is 0 Å². The van der Waals surface area contributed by atoms with E-state index in [1.807, 2.05) is 6.92 Å². The number of piperidine rings is 1. The molecule has 2 amide bonds. The lowest BCUT2D eigenvalue weighted by atomic mass is 9.98. The second-order valence-corrected chi connectivity index (χ2v) is 7.81. The number of rotatable bonds is 7. The summed E-state index contributed by atoms with van der Waals surface area (Å²) < 4.78 is 10.8. The van der Waals surface area contributed by atoms with E-state index in [1.54, 1.807) is 35.2 Å². The van der Waals surface area contributed by atoms with Gasteiger partial charge in [0.2, 0.25) is 0 Å². The number of nitrogens with one attached hydrogen (secondary N) is 1. The first-order valence-electron chi connectivity index (χ1n) is 10.3. The third-order valence-electron chi connectivity index (χ3n) is 5.21. The van der Waals surface area contributed by atoms with Crippen molar-refractivity contribution in [3.63, 3.8) is 0 Å². The molecule has 7 nitrogen and oxygen atoms in total. The Balaban J connectivity index is 1.75. The third kappa shape index (κ3) is 5.48. The molecule has 0 aromatic heterocycles. The maximum atomic E-state index is 12.9. The number of carbonyl (C=O) groups is 2. The number of likely N-dealkylation sites (tertiary alicyclic amines) is 1. The molecule has 3 rings (SSSR count). The van der Waals surface area contributed by atoms with Crippen LogP contribution in [0.1, 0.15) is 40.5 Å². The fraction of sp³-hybridized carbons (Fsp3) is 0.391. The predicted octanol–water partition coefficient (Wildman–Crippen LogP) is 3.84. The molecule has 2 aromatic carbocycles. The van der Waals surface area contributed by atoms with Gasteiger partial charge in [0.15, 0.2) is 11.5 Å². The minimum Gasteiger partial charge on any atom is -0.493 e. The Morgan fingerprint density at radius 1 is 1.26 bits per heavy atom. The summed E-state index contributed by atoms with van der Waals surface area (Å²) in [6.45, 7) is 3.53. The number of amides is 2. The Hall–Kier alpha value is -2.77. The van der Waals surface area contributed by atoms with E-state index in [0.29, 0.717) is 48.0 Å². The molecule has 0 radical (unpaired) electrons. The van der Waals surface area contributed by atoms with Gasteiger partial charge in [-0.1, -0.05) is 17.7 Å². The molecule has 0 unspecified atom stereocenters. The Morgan fingerprint density at radius 2 is 2.06 bits per heavy atom. The lowest BCUT2D eigenvalue weighted by molar-refractivity contribution is 0.0620. The van der Waals surface area contributed by atoms with E-state index in [4.69, 9.17) is 21.1 Å². The maximum Gasteiger partial charge on any atom is 0.255 e. The highest BCUT2D eigenvalue weighted by Gasteiger charge is 2.24. The van der Waals surface area contributed by atoms with Crippen molar-refractivity contribution in [2.24, 2.45) is 5.92 Å². The fourth-order valence-electron chi connectivity index (χ4n) is 3.65. The minimum atomic E-state index is -0.383. The van der Waals surface area contributed by atoms with Crippen LogP contribution in [-0.2, 0) is 0 Å². The molecular weight excluding hydrogens is 420 g/mol. The second-order valence-electron chi connectivity index (χ2n) is 7.40. The van der Waals surface area contributed by atoms with Crippen LogP contribution >= 0.6 is 11.6 Å². The van der Waals surface area contributed by atoms with Crippen molar-refractivity contribution >= 4 is 29.1 Å². The van der Waals surface area contributed by atoms with Gasteiger partial charge in [-0.25, -0.2) is 0 Å². The number of ether oxygens (including phenoxy) is 2. The van der Waals surface area contributed by atoms with Gasteiger partial charge in [-0.3, -0.25) is 9.59 Å². The SMILES string of the molecule is CCOc1c(Cl)cc(C(=O)Nc2cccc(C(=O)N3CCC[C@@H](CO)C3)c2)cc1OC. The molecule has 1 fully saturated rings. The van der Waals surface area contributed by atoms with Crippen molar-refractivity contribution in [1.82, 2.24) is 4.90 Å². The number of methoxy groups -OCH3 is 1. The number of aliphatic hydroxyl groups excluding tert-OH is 1. The van der Waals surface area contributed by atoms with Crippen molar-refractivity contribution in [1.29, 1.82) is 0 Å². The van der Waals surface area contributed by atoms with Crippen LogP contribution in [0.2, 0.25) is 5.02 Å². The van der Waals surface area contributed by atoms with Crippen LogP contribution in [0.15, 0.2) is 36.4 Å². The van der Waals surface area contributed by atoms with Crippen LogP contribution < -0.4 is 14.8 Å². The highest BCUT2D eigenvalue weighted by atomic mass is 35.5. The number of hydrogen-bond donors (Lipinski definition) is 2. The van der Waals surface area contributed by atoms with Crippen molar-refractivity contribution in [3.8, 4) is 11.5 Å². The van der Waals surface area contributed by atoms with Gasteiger partial charge in [-0.05, 0) is 56.0 Å². The van der Waals surface area contributed by atoms with Crippen LogP contribution in [0.4, 0.5) is 5.69 Å². The lowest BCUT2D eigenvalue weighted by Gasteiger charge is -2.32. The predicted molar refractivity (Wildman–Crippen MR) is 119 cm³/mol. The van der Waals surface area contributed by atoms with Crippen LogP contribution in [0.25, 0.3) is 0 Å². The van der Waals surface area contributed by atoms with Crippen LogP contribution in [0.5, 0.6) is 11.5 Å². The zero-order chi connectivity index (χ0) is 22.4. The number of halogens is 1. The first-order chi connectivity index (χ1) is 15.0. The Kier molecular flexibility index (Phi) is 7.76. The number of carbonyl (C=O) groups excluding carboxylic acids is 2. The van der Waals surface area contributed by atoms with Crippen LogP contribution in [0.3, 0.4) is 0 Å². The highest BCUT2D eigenvalue weighted by Crippen LogP contribution is 2.36. The molecule has 1 aliphatic rings. The van der Waals surface area contributed by atoms with E-state index in [-0.39, 0.29) is 29.4 Å². The quantitative estimate of drug-likeness (QED) is 0.674. The number of aliphatic hydroxyl groups is 1. The summed E-state index contributed by atoms with van der Waals surface area (Å²) in [5.41, 5.74) is 1.29. The molecular formula is C23H27ClN2O5. The zero-order valence-corrected chi connectivity index (χ0v) is 18.4. The van der Waals surface area contributed by atoms with Gasteiger partial charge in [0, 0.05) is 36.5 Å². The van der Waals surface area contributed by atoms with E-state index in [1.165, 1.54) is 13.2 Å². The molecule has 1 atom stereocenters. The van der Waals surface area contributed by atoms with Crippen molar-refractivity contribution in [3.05, 3.63) is 52.5 Å². The number of nitrogens with zero attached hydrogens (tertiary/aromatic N) is 1. The molecule has 2 aromatic rings. The summed E-state index contributed by atoms with van der Waals surface area (Å²) in [6.07, 6.45) is 1.79. The molecule has 1 saturated heterocycles. The monoisotopic (exact) mass is 446 g/mol. The number of hydrogen-bond acceptors (Lipinski definition) is 5. The van der Waals surface area contributed by atoms with Gasteiger partial charge in [-0.15, -0.1) is 0 Å². The summed E-state index contributed by atoms with van der Waals surface area (Å²) in [4.78, 5) is 27.4. The second kappa shape index (κ2) is 10.5. The Morgan fingerprint density at radius 3 is 2.77 bits per heavy atom. The van der Waals surface area contributed by atoms with Gasteiger partial charge in [0.25, 0.3) is 11.8 Å². The van der Waals surface area contributed by atoms with E-state index >= 15 is 0 Å². The zero-order valence-electron chi connectivity index (χ0n) is 17.7. The minimum absolute atomic E-state index is 0.0774. The van der Waals surface area contributed by atoms with E-state index in [2.05, 4.69) is 5.32 Å². The van der Waals surface area contributed by atoms with Crippen molar-refractivity contribution in [2.45, 2.75) is 19.8 Å². The average Bonchev–Trinajstić information content (AvgIpc) is 2.79. The summed E-state index contributed by atoms with van der Waals surface area (Å²) in [7, 11) is 1.48. The fourth-order valence-corrected chi connectivity index (χ4v) is 3.91. The number of anilines is 1. The summed E-state index contributed by atoms with van der Waals surface area (Å²) in [6, 6.07) is 9.89. The van der Waals surface area contributed by atoms with Crippen LogP contribution in [0, 0.1) is 5.92 Å². The third-order valence-corrected chi connectivity index (χ3v) is 5.49. The summed E-state index contributed by atoms with van der Waals surface area (Å²) in [5.74, 6) is 0.372. The van der Waals surface area contributed by atoms with E-state index < -0.39 is 0 Å². The van der Waals surface area contributed by atoms with E-state index in [9.17, 15) is 14.7 Å². The molecule has 0 bridgehead atoms. The molecule has 1 heterocycles. The summed E-state index contributed by atoms with van der Waals surface area (Å²) in [5, 5.41) is 12.5. The molecule has 0 aliphatic carbocycles. The molecule has 1 aliphatic heterocycles. The molecule has 166 valence electrons. The first kappa shape index (κ1) is 22.9. The van der Waals surface area contributed by atoms with E-state index in [0.717, 1.165) is 12.8 Å². The molecule has 8 heteroatoms. The van der Waals surface area contributed by atoms with Gasteiger partial charge < -0.3 is 24.8 Å². The lowest BCUT2D eigenvalue weighted by Crippen LogP contribution is -2.40. The van der Waals surface area contributed by atoms with Crippen molar-refractivity contribution in [2.75, 3.05) is 38.7 Å².